The minimum absolute atomic E-state index is 0.125. The van der Waals surface area contributed by atoms with E-state index in [0.717, 1.165) is 38.1 Å². The van der Waals surface area contributed by atoms with Gasteiger partial charge in [-0.1, -0.05) is 18.2 Å². The Labute approximate surface area is 109 Å². The third-order valence-corrected chi connectivity index (χ3v) is 2.83. The van der Waals surface area contributed by atoms with Crippen LogP contribution in [0.3, 0.4) is 0 Å². The Balaban J connectivity index is 2.41. The number of nitrogens with two attached hydrogens (primary N) is 1. The van der Waals surface area contributed by atoms with Gasteiger partial charge in [0.2, 0.25) is 0 Å². The maximum Gasteiger partial charge on any atom is 0.122 e. The summed E-state index contributed by atoms with van der Waals surface area (Å²) in [6.07, 6.45) is 2.23. The predicted octanol–water partition coefficient (Wildman–Crippen LogP) is 1.83. The molecule has 4 nitrogen and oxygen atoms in total. The molecule has 0 saturated carbocycles. The molecule has 0 amide bonds. The molecule has 3 N–H and O–H groups in total. The van der Waals surface area contributed by atoms with Crippen LogP contribution in [-0.2, 0) is 11.3 Å². The molecule has 0 aliphatic carbocycles. The second-order valence-corrected chi connectivity index (χ2v) is 4.55. The minimum atomic E-state index is 0.125. The van der Waals surface area contributed by atoms with E-state index in [9.17, 15) is 0 Å². The average Bonchev–Trinajstić information content (AvgIpc) is 2.35. The summed E-state index contributed by atoms with van der Waals surface area (Å²) in [7, 11) is 3.84. The van der Waals surface area contributed by atoms with E-state index in [1.165, 1.54) is 5.56 Å². The Kier molecular flexibility index (Phi) is 6.39. The number of nitrogens with one attached hydrogen (secondary N) is 1. The number of unbranched alkanes of at least 4 members (excludes halogenated alkanes) is 1. The van der Waals surface area contributed by atoms with Gasteiger partial charge in [-0.3, -0.25) is 5.41 Å². The lowest BCUT2D eigenvalue weighted by molar-refractivity contribution is 0.186. The smallest absolute Gasteiger partial charge is 0.122 e. The van der Waals surface area contributed by atoms with Crippen molar-refractivity contribution in [2.24, 2.45) is 5.73 Å². The number of rotatable bonds is 8. The number of methoxy groups -OCH3 is 1. The van der Waals surface area contributed by atoms with Crippen molar-refractivity contribution in [1.29, 1.82) is 5.41 Å². The molecular weight excluding hydrogens is 226 g/mol. The monoisotopic (exact) mass is 249 g/mol. The van der Waals surface area contributed by atoms with Crippen molar-refractivity contribution in [3.63, 3.8) is 0 Å². The third kappa shape index (κ3) is 5.29. The van der Waals surface area contributed by atoms with Gasteiger partial charge < -0.3 is 15.4 Å². The van der Waals surface area contributed by atoms with E-state index in [1.54, 1.807) is 7.11 Å². The Hall–Kier alpha value is -1.39. The molecule has 0 bridgehead atoms. The summed E-state index contributed by atoms with van der Waals surface area (Å²) in [4.78, 5) is 2.27. The highest BCUT2D eigenvalue weighted by molar-refractivity contribution is 5.95. The van der Waals surface area contributed by atoms with E-state index in [2.05, 4.69) is 18.0 Å². The Bertz CT molecular complexity index is 379. The lowest BCUT2D eigenvalue weighted by atomic mass is 10.1. The van der Waals surface area contributed by atoms with Gasteiger partial charge in [-0.2, -0.15) is 0 Å². The van der Waals surface area contributed by atoms with Crippen LogP contribution in [0.1, 0.15) is 24.0 Å². The maximum atomic E-state index is 7.42. The molecule has 0 aliphatic rings. The molecule has 1 aromatic carbocycles. The predicted molar refractivity (Wildman–Crippen MR) is 74.9 cm³/mol. The van der Waals surface area contributed by atoms with E-state index >= 15 is 0 Å². The fourth-order valence-corrected chi connectivity index (χ4v) is 1.86. The molecule has 0 spiro atoms. The molecule has 18 heavy (non-hydrogen) atoms. The van der Waals surface area contributed by atoms with E-state index < -0.39 is 0 Å². The Morgan fingerprint density at radius 3 is 2.83 bits per heavy atom. The normalized spacial score (nSPS) is 10.8. The molecule has 0 atom stereocenters. The summed E-state index contributed by atoms with van der Waals surface area (Å²) in [5.74, 6) is 0.125. The first kappa shape index (κ1) is 14.7. The quantitative estimate of drug-likeness (QED) is 0.420. The zero-order valence-electron chi connectivity index (χ0n) is 11.3. The molecule has 0 aromatic heterocycles. The van der Waals surface area contributed by atoms with E-state index in [0.29, 0.717) is 0 Å². The Morgan fingerprint density at radius 1 is 1.39 bits per heavy atom. The summed E-state index contributed by atoms with van der Waals surface area (Å²) < 4.78 is 5.03. The molecule has 100 valence electrons. The van der Waals surface area contributed by atoms with Gasteiger partial charge in [0.05, 0.1) is 0 Å². The summed E-state index contributed by atoms with van der Waals surface area (Å²) in [6, 6.07) is 7.86. The summed E-state index contributed by atoms with van der Waals surface area (Å²) in [5.41, 5.74) is 7.47. The van der Waals surface area contributed by atoms with E-state index in [-0.39, 0.29) is 5.84 Å². The molecular formula is C14H23N3O. The number of nitrogens with zero attached hydrogens (tertiary/aromatic N) is 1. The topological polar surface area (TPSA) is 62.3 Å². The van der Waals surface area contributed by atoms with Gasteiger partial charge in [0.1, 0.15) is 5.84 Å². The lowest BCUT2D eigenvalue weighted by Gasteiger charge is -2.16. The SMILES string of the molecule is COCCCCN(C)Cc1cccc(C(=N)N)c1. The zero-order valence-corrected chi connectivity index (χ0v) is 11.3. The van der Waals surface area contributed by atoms with E-state index in [4.69, 9.17) is 15.9 Å². The number of ether oxygens (including phenoxy) is 1. The standard InChI is InChI=1S/C14H23N3O/c1-17(8-3-4-9-18-2)11-12-6-5-7-13(10-12)14(15)16/h5-7,10H,3-4,8-9,11H2,1-2H3,(H3,15,16). The van der Waals surface area contributed by atoms with Crippen LogP contribution in [0, 0.1) is 5.41 Å². The first-order chi connectivity index (χ1) is 8.63. The highest BCUT2D eigenvalue weighted by atomic mass is 16.5. The van der Waals surface area contributed by atoms with Gasteiger partial charge in [-0.15, -0.1) is 0 Å². The fourth-order valence-electron chi connectivity index (χ4n) is 1.86. The van der Waals surface area contributed by atoms with Crippen molar-refractivity contribution in [2.75, 3.05) is 27.3 Å². The first-order valence-electron chi connectivity index (χ1n) is 6.24. The van der Waals surface area contributed by atoms with Crippen molar-refractivity contribution in [2.45, 2.75) is 19.4 Å². The molecule has 0 unspecified atom stereocenters. The maximum absolute atomic E-state index is 7.42. The van der Waals surface area contributed by atoms with Crippen molar-refractivity contribution >= 4 is 5.84 Å². The number of hydrogen-bond donors (Lipinski definition) is 2. The summed E-state index contributed by atoms with van der Waals surface area (Å²) in [5, 5.41) is 7.42. The van der Waals surface area contributed by atoms with Gasteiger partial charge in [0.25, 0.3) is 0 Å². The number of hydrogen-bond acceptors (Lipinski definition) is 3. The van der Waals surface area contributed by atoms with Gasteiger partial charge in [0, 0.05) is 25.8 Å². The minimum Gasteiger partial charge on any atom is -0.385 e. The molecule has 0 aliphatic heterocycles. The van der Waals surface area contributed by atoms with Crippen molar-refractivity contribution < 1.29 is 4.74 Å². The van der Waals surface area contributed by atoms with Crippen LogP contribution in [0.4, 0.5) is 0 Å². The summed E-state index contributed by atoms with van der Waals surface area (Å²) in [6.45, 7) is 2.76. The van der Waals surface area contributed by atoms with Gasteiger partial charge in [0.15, 0.2) is 0 Å². The van der Waals surface area contributed by atoms with Gasteiger partial charge in [-0.05, 0) is 38.1 Å². The van der Waals surface area contributed by atoms with Crippen LogP contribution in [0.2, 0.25) is 0 Å². The van der Waals surface area contributed by atoms with Crippen molar-refractivity contribution in [1.82, 2.24) is 4.90 Å². The largest absolute Gasteiger partial charge is 0.385 e. The zero-order chi connectivity index (χ0) is 13.4. The van der Waals surface area contributed by atoms with Crippen LogP contribution in [0.5, 0.6) is 0 Å². The number of benzene rings is 1. The number of nitrogen functional groups attached to an aromatic ring is 1. The highest BCUT2D eigenvalue weighted by Crippen LogP contribution is 2.07. The van der Waals surface area contributed by atoms with Gasteiger partial charge in [-0.25, -0.2) is 0 Å². The fraction of sp³-hybridized carbons (Fsp3) is 0.500. The lowest BCUT2D eigenvalue weighted by Crippen LogP contribution is -2.20. The molecule has 1 rings (SSSR count). The second kappa shape index (κ2) is 7.84. The molecule has 0 saturated heterocycles. The average molecular weight is 249 g/mol. The second-order valence-electron chi connectivity index (χ2n) is 4.55. The van der Waals surface area contributed by atoms with Crippen LogP contribution in [0.15, 0.2) is 24.3 Å². The Morgan fingerprint density at radius 2 is 2.17 bits per heavy atom. The van der Waals surface area contributed by atoms with Gasteiger partial charge >= 0.3 is 0 Å². The summed E-state index contributed by atoms with van der Waals surface area (Å²) >= 11 is 0. The van der Waals surface area contributed by atoms with Crippen molar-refractivity contribution in [3.8, 4) is 0 Å². The molecule has 0 heterocycles. The van der Waals surface area contributed by atoms with Crippen LogP contribution in [-0.4, -0.2) is 38.0 Å². The molecule has 4 heteroatoms. The van der Waals surface area contributed by atoms with Crippen LogP contribution < -0.4 is 5.73 Å². The van der Waals surface area contributed by atoms with Crippen LogP contribution >= 0.6 is 0 Å². The van der Waals surface area contributed by atoms with Crippen molar-refractivity contribution in [3.05, 3.63) is 35.4 Å². The molecule has 0 radical (unpaired) electrons. The highest BCUT2D eigenvalue weighted by Gasteiger charge is 2.02. The van der Waals surface area contributed by atoms with Crippen LogP contribution in [0.25, 0.3) is 0 Å². The molecule has 0 fully saturated rings. The first-order valence-corrected chi connectivity index (χ1v) is 6.24. The number of amidine groups is 1. The van der Waals surface area contributed by atoms with E-state index in [1.807, 2.05) is 18.2 Å². The third-order valence-electron chi connectivity index (χ3n) is 2.83. The molecule has 1 aromatic rings.